The van der Waals surface area contributed by atoms with Gasteiger partial charge in [0.2, 0.25) is 0 Å². The Labute approximate surface area is 111 Å². The van der Waals surface area contributed by atoms with Crippen molar-refractivity contribution in [2.75, 3.05) is 11.5 Å². The van der Waals surface area contributed by atoms with Gasteiger partial charge < -0.3 is 0 Å². The predicted octanol–water partition coefficient (Wildman–Crippen LogP) is 4.53. The highest BCUT2D eigenvalue weighted by atomic mass is 33.2. The van der Waals surface area contributed by atoms with Crippen molar-refractivity contribution in [2.45, 2.75) is 26.7 Å². The van der Waals surface area contributed by atoms with Gasteiger partial charge in [-0.2, -0.15) is 0 Å². The standard InChI is InChI=1S/C12H17PS3/c1-9(2)11-5-4-10(3)8-12(11)13(14)15-6-7-16-13/h4-5,8-9H,6-7H2,1-3H3. The molecule has 0 aromatic heterocycles. The molecule has 0 bridgehead atoms. The van der Waals surface area contributed by atoms with Crippen molar-refractivity contribution in [2.24, 2.45) is 0 Å². The summed E-state index contributed by atoms with van der Waals surface area (Å²) in [4.78, 5) is 0. The van der Waals surface area contributed by atoms with Gasteiger partial charge in [0.05, 0.1) is 4.44 Å². The van der Waals surface area contributed by atoms with Crippen molar-refractivity contribution < 1.29 is 0 Å². The first-order chi connectivity index (χ1) is 7.53. The summed E-state index contributed by atoms with van der Waals surface area (Å²) < 4.78 is -1.37. The number of aryl methyl sites for hydroxylation is 1. The third-order valence-electron chi connectivity index (χ3n) is 2.71. The van der Waals surface area contributed by atoms with Gasteiger partial charge in [0.1, 0.15) is 0 Å². The summed E-state index contributed by atoms with van der Waals surface area (Å²) in [6.45, 7) is 6.70. The molecule has 4 heteroatoms. The minimum Gasteiger partial charge on any atom is -0.109 e. The Morgan fingerprint density at radius 3 is 2.44 bits per heavy atom. The molecule has 2 rings (SSSR count). The highest BCUT2D eigenvalue weighted by molar-refractivity contribution is 9.03. The summed E-state index contributed by atoms with van der Waals surface area (Å²) in [6.07, 6.45) is 0. The van der Waals surface area contributed by atoms with Crippen molar-refractivity contribution in [3.63, 3.8) is 0 Å². The van der Waals surface area contributed by atoms with Gasteiger partial charge in [0.25, 0.3) is 0 Å². The van der Waals surface area contributed by atoms with Gasteiger partial charge in [-0.1, -0.05) is 43.4 Å². The van der Waals surface area contributed by atoms with Crippen LogP contribution in [0.2, 0.25) is 0 Å². The molecule has 1 fully saturated rings. The lowest BCUT2D eigenvalue weighted by atomic mass is 10.0. The van der Waals surface area contributed by atoms with Crippen LogP contribution in [0.4, 0.5) is 0 Å². The lowest BCUT2D eigenvalue weighted by Gasteiger charge is -2.20. The largest absolute Gasteiger partial charge is 0.109 e. The van der Waals surface area contributed by atoms with E-state index >= 15 is 0 Å². The highest BCUT2D eigenvalue weighted by Gasteiger charge is 2.29. The van der Waals surface area contributed by atoms with E-state index in [1.54, 1.807) is 0 Å². The lowest BCUT2D eigenvalue weighted by Crippen LogP contribution is -2.09. The summed E-state index contributed by atoms with van der Waals surface area (Å²) >= 11 is 9.99. The Bertz CT molecular complexity index is 430. The summed E-state index contributed by atoms with van der Waals surface area (Å²) in [5.74, 6) is 3.04. The van der Waals surface area contributed by atoms with E-state index in [0.29, 0.717) is 5.92 Å². The van der Waals surface area contributed by atoms with E-state index in [2.05, 4.69) is 39.0 Å². The Kier molecular flexibility index (Phi) is 4.11. The predicted molar refractivity (Wildman–Crippen MR) is 84.1 cm³/mol. The summed E-state index contributed by atoms with van der Waals surface area (Å²) in [5.41, 5.74) is 2.81. The molecule has 88 valence electrons. The zero-order chi connectivity index (χ0) is 11.8. The van der Waals surface area contributed by atoms with E-state index in [1.807, 2.05) is 22.8 Å². The van der Waals surface area contributed by atoms with Crippen LogP contribution >= 0.6 is 27.2 Å². The molecule has 0 spiro atoms. The molecule has 0 amide bonds. The molecule has 1 aliphatic rings. The van der Waals surface area contributed by atoms with Crippen molar-refractivity contribution in [1.82, 2.24) is 0 Å². The van der Waals surface area contributed by atoms with E-state index in [4.69, 9.17) is 11.8 Å². The molecule has 0 unspecified atom stereocenters. The zero-order valence-electron chi connectivity index (χ0n) is 9.90. The van der Waals surface area contributed by atoms with Crippen LogP contribution in [0.25, 0.3) is 0 Å². The van der Waals surface area contributed by atoms with Crippen LogP contribution in [0, 0.1) is 6.92 Å². The molecular formula is C12H17PS3. The van der Waals surface area contributed by atoms with Crippen LogP contribution < -0.4 is 5.30 Å². The second-order valence-corrected chi connectivity index (χ2v) is 15.7. The number of hydrogen-bond acceptors (Lipinski definition) is 3. The number of benzene rings is 1. The molecule has 1 saturated heterocycles. The molecule has 1 aliphatic heterocycles. The smallest absolute Gasteiger partial charge is 0.0853 e. The molecule has 0 aliphatic carbocycles. The molecule has 0 saturated carbocycles. The second-order valence-electron chi connectivity index (χ2n) is 4.38. The van der Waals surface area contributed by atoms with E-state index in [0.717, 1.165) is 0 Å². The average Bonchev–Trinajstić information content (AvgIpc) is 2.66. The van der Waals surface area contributed by atoms with E-state index in [-0.39, 0.29) is 0 Å². The van der Waals surface area contributed by atoms with Gasteiger partial charge in [-0.3, -0.25) is 0 Å². The van der Waals surface area contributed by atoms with E-state index < -0.39 is 4.44 Å². The third-order valence-corrected chi connectivity index (χ3v) is 14.1. The number of rotatable bonds is 2. The van der Waals surface area contributed by atoms with Crippen LogP contribution in [0.5, 0.6) is 0 Å². The van der Waals surface area contributed by atoms with Crippen molar-refractivity contribution in [1.29, 1.82) is 0 Å². The first-order valence-electron chi connectivity index (χ1n) is 5.53. The summed E-state index contributed by atoms with van der Waals surface area (Å²) in [6, 6.07) is 6.83. The van der Waals surface area contributed by atoms with Gasteiger partial charge in [0, 0.05) is 16.8 Å². The maximum absolute atomic E-state index is 5.94. The molecule has 1 aromatic rings. The summed E-state index contributed by atoms with van der Waals surface area (Å²) in [5, 5.41) is 1.48. The maximum atomic E-state index is 5.94. The molecular weight excluding hydrogens is 271 g/mol. The fourth-order valence-corrected chi connectivity index (χ4v) is 12.9. The molecule has 0 radical (unpaired) electrons. The Balaban J connectivity index is 2.53. The fraction of sp³-hybridized carbons (Fsp3) is 0.500. The van der Waals surface area contributed by atoms with E-state index in [1.165, 1.54) is 27.9 Å². The van der Waals surface area contributed by atoms with Crippen LogP contribution in [-0.2, 0) is 11.8 Å². The third kappa shape index (κ3) is 2.53. The summed E-state index contributed by atoms with van der Waals surface area (Å²) in [7, 11) is 0. The monoisotopic (exact) mass is 288 g/mol. The zero-order valence-corrected chi connectivity index (χ0v) is 13.2. The minimum atomic E-state index is -1.37. The Morgan fingerprint density at radius 1 is 1.25 bits per heavy atom. The van der Waals surface area contributed by atoms with Crippen LogP contribution in [0.3, 0.4) is 0 Å². The maximum Gasteiger partial charge on any atom is 0.0853 e. The average molecular weight is 288 g/mol. The van der Waals surface area contributed by atoms with Crippen molar-refractivity contribution >= 4 is 44.3 Å². The van der Waals surface area contributed by atoms with Crippen LogP contribution in [-0.4, -0.2) is 11.5 Å². The first kappa shape index (κ1) is 13.0. The van der Waals surface area contributed by atoms with Gasteiger partial charge in [0.15, 0.2) is 0 Å². The Hall–Kier alpha value is 0.570. The molecule has 0 nitrogen and oxygen atoms in total. The Morgan fingerprint density at radius 2 is 1.88 bits per heavy atom. The lowest BCUT2D eigenvalue weighted by molar-refractivity contribution is 0.873. The van der Waals surface area contributed by atoms with Crippen LogP contribution in [0.15, 0.2) is 18.2 Å². The minimum absolute atomic E-state index is 0.581. The fourth-order valence-electron chi connectivity index (χ4n) is 1.87. The van der Waals surface area contributed by atoms with Crippen LogP contribution in [0.1, 0.15) is 30.9 Å². The van der Waals surface area contributed by atoms with Gasteiger partial charge in [-0.25, -0.2) is 0 Å². The topological polar surface area (TPSA) is 0 Å². The van der Waals surface area contributed by atoms with Gasteiger partial charge >= 0.3 is 0 Å². The van der Waals surface area contributed by atoms with Crippen molar-refractivity contribution in [3.8, 4) is 0 Å². The van der Waals surface area contributed by atoms with Crippen molar-refractivity contribution in [3.05, 3.63) is 29.3 Å². The SMILES string of the molecule is Cc1ccc(C(C)C)c(P2(=S)SCCS2)c1. The quantitative estimate of drug-likeness (QED) is 0.734. The molecule has 1 aromatic carbocycles. The van der Waals surface area contributed by atoms with Gasteiger partial charge in [-0.05, 0) is 24.5 Å². The normalized spacial score (nSPS) is 19.2. The molecule has 0 atom stereocenters. The molecule has 16 heavy (non-hydrogen) atoms. The number of hydrogen-bond donors (Lipinski definition) is 0. The second kappa shape index (κ2) is 5.06. The van der Waals surface area contributed by atoms with Gasteiger partial charge in [-0.15, -0.1) is 22.8 Å². The molecule has 0 N–H and O–H groups in total. The molecule has 1 heterocycles. The van der Waals surface area contributed by atoms with E-state index in [9.17, 15) is 0 Å². The highest BCUT2D eigenvalue weighted by Crippen LogP contribution is 2.73. The first-order valence-corrected chi connectivity index (χ1v) is 11.5.